The molecule has 0 aliphatic heterocycles. The number of hydrogen-bond donors (Lipinski definition) is 1. The minimum absolute atomic E-state index is 0.165. The van der Waals surface area contributed by atoms with E-state index in [2.05, 4.69) is 11.8 Å². The van der Waals surface area contributed by atoms with Crippen LogP contribution in [0.2, 0.25) is 0 Å². The Bertz CT molecular complexity index is 399. The quantitative estimate of drug-likeness (QED) is 0.881. The summed E-state index contributed by atoms with van der Waals surface area (Å²) < 4.78 is 13.4. The van der Waals surface area contributed by atoms with Crippen molar-refractivity contribution in [2.24, 2.45) is 11.1 Å². The second-order valence-corrected chi connectivity index (χ2v) is 5.76. The van der Waals surface area contributed by atoms with Crippen LogP contribution >= 0.6 is 0 Å². The number of anilines is 1. The minimum atomic E-state index is -0.165. The highest BCUT2D eigenvalue weighted by atomic mass is 19.1. The molecular formula is C16H25FN2. The molecule has 1 saturated carbocycles. The van der Waals surface area contributed by atoms with Gasteiger partial charge in [-0.2, -0.15) is 0 Å². The van der Waals surface area contributed by atoms with Gasteiger partial charge in [-0.3, -0.25) is 0 Å². The molecule has 2 rings (SSSR count). The Morgan fingerprint density at radius 1 is 1.26 bits per heavy atom. The van der Waals surface area contributed by atoms with Gasteiger partial charge in [0, 0.05) is 24.2 Å². The van der Waals surface area contributed by atoms with Gasteiger partial charge in [-0.15, -0.1) is 0 Å². The molecule has 1 fully saturated rings. The van der Waals surface area contributed by atoms with Gasteiger partial charge < -0.3 is 10.6 Å². The molecule has 1 aliphatic carbocycles. The van der Waals surface area contributed by atoms with E-state index in [0.29, 0.717) is 0 Å². The highest BCUT2D eigenvalue weighted by Gasteiger charge is 2.32. The summed E-state index contributed by atoms with van der Waals surface area (Å²) in [4.78, 5) is 2.27. The van der Waals surface area contributed by atoms with E-state index in [-0.39, 0.29) is 11.2 Å². The van der Waals surface area contributed by atoms with Crippen LogP contribution in [-0.2, 0) is 0 Å². The van der Waals surface area contributed by atoms with Gasteiger partial charge in [-0.25, -0.2) is 4.39 Å². The molecule has 0 atom stereocenters. The van der Waals surface area contributed by atoms with Crippen molar-refractivity contribution in [1.82, 2.24) is 0 Å². The standard InChI is InChI=1S/C16H25FN2/c1-2-19(15-8-6-7-14(17)11-15)13-16(12-18)9-4-3-5-10-16/h6-8,11H,2-5,9-10,12-13,18H2,1H3. The molecule has 3 heteroatoms. The Labute approximate surface area is 115 Å². The average molecular weight is 264 g/mol. The zero-order chi connectivity index (χ0) is 13.7. The molecule has 0 saturated heterocycles. The highest BCUT2D eigenvalue weighted by molar-refractivity contribution is 5.46. The first-order chi connectivity index (χ1) is 9.19. The third kappa shape index (κ3) is 3.47. The van der Waals surface area contributed by atoms with Crippen LogP contribution in [-0.4, -0.2) is 19.6 Å². The van der Waals surface area contributed by atoms with Crippen molar-refractivity contribution in [1.29, 1.82) is 0 Å². The van der Waals surface area contributed by atoms with Crippen LogP contribution in [0.15, 0.2) is 24.3 Å². The first kappa shape index (κ1) is 14.3. The van der Waals surface area contributed by atoms with Crippen LogP contribution in [0.5, 0.6) is 0 Å². The van der Waals surface area contributed by atoms with E-state index >= 15 is 0 Å². The summed E-state index contributed by atoms with van der Waals surface area (Å²) in [5.74, 6) is -0.165. The van der Waals surface area contributed by atoms with Crippen LogP contribution in [0.3, 0.4) is 0 Å². The number of rotatable bonds is 5. The zero-order valence-corrected chi connectivity index (χ0v) is 11.9. The summed E-state index contributed by atoms with van der Waals surface area (Å²) in [5, 5.41) is 0. The summed E-state index contributed by atoms with van der Waals surface area (Å²) in [5.41, 5.74) is 7.24. The molecule has 19 heavy (non-hydrogen) atoms. The maximum Gasteiger partial charge on any atom is 0.125 e. The average Bonchev–Trinajstić information content (AvgIpc) is 2.46. The molecule has 0 radical (unpaired) electrons. The molecule has 0 aromatic heterocycles. The van der Waals surface area contributed by atoms with E-state index in [1.54, 1.807) is 12.1 Å². The molecule has 0 bridgehead atoms. The highest BCUT2D eigenvalue weighted by Crippen LogP contribution is 2.37. The maximum atomic E-state index is 13.4. The van der Waals surface area contributed by atoms with Crippen LogP contribution in [0.1, 0.15) is 39.0 Å². The van der Waals surface area contributed by atoms with Gasteiger partial charge in [0.2, 0.25) is 0 Å². The van der Waals surface area contributed by atoms with Crippen molar-refractivity contribution in [3.8, 4) is 0 Å². The SMILES string of the molecule is CCN(CC1(CN)CCCCC1)c1cccc(F)c1. The number of benzene rings is 1. The van der Waals surface area contributed by atoms with Gasteiger partial charge >= 0.3 is 0 Å². The van der Waals surface area contributed by atoms with Crippen molar-refractivity contribution in [2.45, 2.75) is 39.0 Å². The number of hydrogen-bond acceptors (Lipinski definition) is 2. The lowest BCUT2D eigenvalue weighted by molar-refractivity contribution is 0.204. The van der Waals surface area contributed by atoms with E-state index in [4.69, 9.17) is 5.73 Å². The fraction of sp³-hybridized carbons (Fsp3) is 0.625. The van der Waals surface area contributed by atoms with Crippen LogP contribution in [0.25, 0.3) is 0 Å². The van der Waals surface area contributed by atoms with Crippen molar-refractivity contribution in [2.75, 3.05) is 24.5 Å². The number of nitrogens with two attached hydrogens (primary N) is 1. The van der Waals surface area contributed by atoms with Gasteiger partial charge in [0.05, 0.1) is 0 Å². The summed E-state index contributed by atoms with van der Waals surface area (Å²) in [7, 11) is 0. The molecule has 0 unspecified atom stereocenters. The van der Waals surface area contributed by atoms with Gasteiger partial charge in [0.15, 0.2) is 0 Å². The van der Waals surface area contributed by atoms with Crippen LogP contribution in [0, 0.1) is 11.2 Å². The van der Waals surface area contributed by atoms with E-state index < -0.39 is 0 Å². The molecule has 0 amide bonds. The van der Waals surface area contributed by atoms with Crippen molar-refractivity contribution in [3.63, 3.8) is 0 Å². The maximum absolute atomic E-state index is 13.4. The topological polar surface area (TPSA) is 29.3 Å². The monoisotopic (exact) mass is 264 g/mol. The number of nitrogens with zero attached hydrogens (tertiary/aromatic N) is 1. The Morgan fingerprint density at radius 3 is 2.58 bits per heavy atom. The minimum Gasteiger partial charge on any atom is -0.371 e. The summed E-state index contributed by atoms with van der Waals surface area (Å²) in [6.07, 6.45) is 6.29. The van der Waals surface area contributed by atoms with Gasteiger partial charge in [-0.1, -0.05) is 25.3 Å². The molecule has 2 nitrogen and oxygen atoms in total. The lowest BCUT2D eigenvalue weighted by Gasteiger charge is -2.41. The van der Waals surface area contributed by atoms with Gasteiger partial charge in [0.25, 0.3) is 0 Å². The van der Waals surface area contributed by atoms with E-state index in [1.807, 2.05) is 6.07 Å². The predicted molar refractivity (Wildman–Crippen MR) is 78.9 cm³/mol. The molecular weight excluding hydrogens is 239 g/mol. The molecule has 2 N–H and O–H groups in total. The first-order valence-corrected chi connectivity index (χ1v) is 7.40. The second-order valence-electron chi connectivity index (χ2n) is 5.76. The van der Waals surface area contributed by atoms with Crippen molar-refractivity contribution in [3.05, 3.63) is 30.1 Å². The molecule has 1 aromatic rings. The van der Waals surface area contributed by atoms with Crippen LogP contribution in [0.4, 0.5) is 10.1 Å². The second kappa shape index (κ2) is 6.38. The third-order valence-electron chi connectivity index (χ3n) is 4.43. The summed E-state index contributed by atoms with van der Waals surface area (Å²) in [6, 6.07) is 6.89. The Hall–Kier alpha value is -1.09. The Morgan fingerprint density at radius 2 is 2.00 bits per heavy atom. The third-order valence-corrected chi connectivity index (χ3v) is 4.43. The normalized spacial score (nSPS) is 18.3. The molecule has 106 valence electrons. The zero-order valence-electron chi connectivity index (χ0n) is 11.9. The van der Waals surface area contributed by atoms with Crippen molar-refractivity contribution >= 4 is 5.69 Å². The smallest absolute Gasteiger partial charge is 0.125 e. The molecule has 0 heterocycles. The van der Waals surface area contributed by atoms with Crippen LogP contribution < -0.4 is 10.6 Å². The largest absolute Gasteiger partial charge is 0.371 e. The molecule has 0 spiro atoms. The lowest BCUT2D eigenvalue weighted by atomic mass is 9.73. The first-order valence-electron chi connectivity index (χ1n) is 7.40. The summed E-state index contributed by atoms with van der Waals surface area (Å²) in [6.45, 7) is 4.70. The Balaban J connectivity index is 2.13. The van der Waals surface area contributed by atoms with Crippen molar-refractivity contribution < 1.29 is 4.39 Å². The van der Waals surface area contributed by atoms with Gasteiger partial charge in [-0.05, 0) is 44.5 Å². The Kier molecular flexibility index (Phi) is 4.81. The fourth-order valence-corrected chi connectivity index (χ4v) is 3.19. The fourth-order valence-electron chi connectivity index (χ4n) is 3.19. The van der Waals surface area contributed by atoms with E-state index in [0.717, 1.165) is 25.3 Å². The number of halogens is 1. The predicted octanol–water partition coefficient (Wildman–Crippen LogP) is 3.56. The van der Waals surface area contributed by atoms with E-state index in [9.17, 15) is 4.39 Å². The lowest BCUT2D eigenvalue weighted by Crippen LogP contribution is -2.44. The van der Waals surface area contributed by atoms with E-state index in [1.165, 1.54) is 38.2 Å². The molecule has 1 aromatic carbocycles. The molecule has 1 aliphatic rings. The summed E-state index contributed by atoms with van der Waals surface area (Å²) >= 11 is 0. The van der Waals surface area contributed by atoms with Gasteiger partial charge in [0.1, 0.15) is 5.82 Å².